The summed E-state index contributed by atoms with van der Waals surface area (Å²) in [6.45, 7) is 1.91. The van der Waals surface area contributed by atoms with Gasteiger partial charge in [-0.15, -0.1) is 0 Å². The van der Waals surface area contributed by atoms with E-state index in [0.29, 0.717) is 38.2 Å². The second kappa shape index (κ2) is 8.67. The largest absolute Gasteiger partial charge is 0.489 e. The summed E-state index contributed by atoms with van der Waals surface area (Å²) in [4.78, 5) is 29.8. The molecular weight excluding hydrogens is 397 g/mol. The molecule has 0 aliphatic carbocycles. The van der Waals surface area contributed by atoms with E-state index in [0.717, 1.165) is 12.0 Å². The van der Waals surface area contributed by atoms with Gasteiger partial charge in [-0.1, -0.05) is 30.3 Å². The number of carbonyl (C=O) groups excluding carboxylic acids is 2. The molecule has 0 saturated carbocycles. The highest BCUT2D eigenvalue weighted by atomic mass is 19.1. The number of carbonyl (C=O) groups is 2. The van der Waals surface area contributed by atoms with Crippen molar-refractivity contribution in [2.45, 2.75) is 18.4 Å². The molecule has 1 fully saturated rings. The van der Waals surface area contributed by atoms with Gasteiger partial charge >= 0.3 is 0 Å². The lowest BCUT2D eigenvalue weighted by molar-refractivity contribution is -0.134. The number of para-hydroxylation sites is 1. The number of likely N-dealkylation sites (tertiary alicyclic amines) is 1. The van der Waals surface area contributed by atoms with Crippen LogP contribution < -0.4 is 10.1 Å². The number of aryl methyl sites for hydroxylation is 1. The Labute approximate surface area is 182 Å². The first-order valence-electron chi connectivity index (χ1n) is 10.6. The predicted molar refractivity (Wildman–Crippen MR) is 115 cm³/mol. The van der Waals surface area contributed by atoms with Crippen LogP contribution in [0.4, 0.5) is 4.39 Å². The lowest BCUT2D eigenvalue weighted by Gasteiger charge is -2.35. The SMILES string of the molecule is CN(C)C(=O)[C@H]1CN(CCOc2ccccc2F)C[C@@]12CCc1ccccc1C(=O)N2. The third-order valence-electron chi connectivity index (χ3n) is 6.32. The minimum Gasteiger partial charge on any atom is -0.489 e. The summed E-state index contributed by atoms with van der Waals surface area (Å²) in [5.74, 6) is -0.655. The predicted octanol–water partition coefficient (Wildman–Crippen LogP) is 2.34. The fourth-order valence-electron chi connectivity index (χ4n) is 4.70. The normalized spacial score (nSPS) is 23.2. The highest BCUT2D eigenvalue weighted by Crippen LogP contribution is 2.36. The zero-order valence-corrected chi connectivity index (χ0v) is 17.9. The van der Waals surface area contributed by atoms with Crippen molar-refractivity contribution in [2.24, 2.45) is 5.92 Å². The second-order valence-corrected chi connectivity index (χ2v) is 8.57. The summed E-state index contributed by atoms with van der Waals surface area (Å²) in [5, 5.41) is 3.21. The molecule has 1 N–H and O–H groups in total. The first-order valence-corrected chi connectivity index (χ1v) is 10.6. The molecule has 2 aliphatic rings. The summed E-state index contributed by atoms with van der Waals surface area (Å²) in [7, 11) is 3.49. The maximum absolute atomic E-state index is 13.8. The van der Waals surface area contributed by atoms with Gasteiger partial charge in [0, 0.05) is 39.3 Å². The van der Waals surface area contributed by atoms with Gasteiger partial charge in [-0.05, 0) is 36.6 Å². The zero-order valence-electron chi connectivity index (χ0n) is 17.9. The van der Waals surface area contributed by atoms with E-state index in [9.17, 15) is 14.0 Å². The van der Waals surface area contributed by atoms with Crippen LogP contribution in [0.15, 0.2) is 48.5 Å². The Kier molecular flexibility index (Phi) is 5.96. The van der Waals surface area contributed by atoms with E-state index in [1.54, 1.807) is 37.2 Å². The average Bonchev–Trinajstić information content (AvgIpc) is 3.03. The zero-order chi connectivity index (χ0) is 22.0. The molecule has 2 aromatic carbocycles. The minimum atomic E-state index is -0.643. The van der Waals surface area contributed by atoms with Crippen LogP contribution in [0.2, 0.25) is 0 Å². The molecule has 0 aromatic heterocycles. The standard InChI is InChI=1S/C24H28FN3O3/c1-27(2)23(30)19-15-28(13-14-31-21-10-6-5-9-20(21)25)16-24(19)12-11-17-7-3-4-8-18(17)22(29)26-24/h3-10,19H,11-16H2,1-2H3,(H,26,29)/t19-,24+/m1/s1. The van der Waals surface area contributed by atoms with Crippen molar-refractivity contribution in [3.05, 3.63) is 65.5 Å². The van der Waals surface area contributed by atoms with Crippen LogP contribution in [0.5, 0.6) is 5.75 Å². The summed E-state index contributed by atoms with van der Waals surface area (Å²) in [6, 6.07) is 13.9. The topological polar surface area (TPSA) is 61.9 Å². The van der Waals surface area contributed by atoms with E-state index >= 15 is 0 Å². The van der Waals surface area contributed by atoms with Gasteiger partial charge < -0.3 is 15.0 Å². The molecule has 1 spiro atoms. The number of amides is 2. The number of rotatable bonds is 5. The average molecular weight is 426 g/mol. The molecule has 0 radical (unpaired) electrons. The number of halogens is 1. The van der Waals surface area contributed by atoms with Crippen molar-refractivity contribution in [3.8, 4) is 5.75 Å². The van der Waals surface area contributed by atoms with E-state index in [1.807, 2.05) is 24.3 Å². The van der Waals surface area contributed by atoms with Crippen LogP contribution in [0, 0.1) is 11.7 Å². The van der Waals surface area contributed by atoms with Gasteiger partial charge in [-0.25, -0.2) is 4.39 Å². The van der Waals surface area contributed by atoms with Gasteiger partial charge in [0.25, 0.3) is 5.91 Å². The van der Waals surface area contributed by atoms with Crippen LogP contribution in [0.1, 0.15) is 22.3 Å². The molecule has 4 rings (SSSR count). The maximum atomic E-state index is 13.8. The molecule has 2 amide bonds. The Morgan fingerprint density at radius 3 is 2.74 bits per heavy atom. The Morgan fingerprint density at radius 2 is 1.97 bits per heavy atom. The molecular formula is C24H28FN3O3. The lowest BCUT2D eigenvalue weighted by atomic mass is 9.81. The Hall–Kier alpha value is -2.93. The maximum Gasteiger partial charge on any atom is 0.252 e. The van der Waals surface area contributed by atoms with Gasteiger partial charge in [-0.3, -0.25) is 14.5 Å². The molecule has 2 heterocycles. The molecule has 2 atom stereocenters. The van der Waals surface area contributed by atoms with Gasteiger partial charge in [0.1, 0.15) is 6.61 Å². The number of ether oxygens (including phenoxy) is 1. The first-order chi connectivity index (χ1) is 14.9. The molecule has 7 heteroatoms. The van der Waals surface area contributed by atoms with Crippen molar-refractivity contribution < 1.29 is 18.7 Å². The highest BCUT2D eigenvalue weighted by molar-refractivity contribution is 5.97. The van der Waals surface area contributed by atoms with E-state index in [-0.39, 0.29) is 23.5 Å². The third-order valence-corrected chi connectivity index (χ3v) is 6.32. The number of benzene rings is 2. The Morgan fingerprint density at radius 1 is 1.23 bits per heavy atom. The summed E-state index contributed by atoms with van der Waals surface area (Å²) in [6.07, 6.45) is 1.41. The van der Waals surface area contributed by atoms with E-state index in [4.69, 9.17) is 4.74 Å². The monoisotopic (exact) mass is 425 g/mol. The molecule has 164 valence electrons. The molecule has 0 unspecified atom stereocenters. The number of hydrogen-bond acceptors (Lipinski definition) is 4. The lowest BCUT2D eigenvalue weighted by Crippen LogP contribution is -2.57. The quantitative estimate of drug-likeness (QED) is 0.799. The molecule has 0 bridgehead atoms. The number of nitrogens with zero attached hydrogens (tertiary/aromatic N) is 2. The fraction of sp³-hybridized carbons (Fsp3) is 0.417. The van der Waals surface area contributed by atoms with Crippen LogP contribution in [-0.2, 0) is 11.2 Å². The van der Waals surface area contributed by atoms with Crippen molar-refractivity contribution >= 4 is 11.8 Å². The number of nitrogens with one attached hydrogen (secondary N) is 1. The van der Waals surface area contributed by atoms with E-state index in [1.165, 1.54) is 6.07 Å². The van der Waals surface area contributed by atoms with Gasteiger partial charge in [0.15, 0.2) is 11.6 Å². The molecule has 31 heavy (non-hydrogen) atoms. The van der Waals surface area contributed by atoms with Crippen molar-refractivity contribution in [3.63, 3.8) is 0 Å². The molecule has 2 aromatic rings. The third kappa shape index (κ3) is 4.28. The molecule has 6 nitrogen and oxygen atoms in total. The van der Waals surface area contributed by atoms with Crippen LogP contribution in [0.25, 0.3) is 0 Å². The van der Waals surface area contributed by atoms with Crippen LogP contribution >= 0.6 is 0 Å². The Bertz CT molecular complexity index is 980. The summed E-state index contributed by atoms with van der Waals surface area (Å²) < 4.78 is 19.4. The van der Waals surface area contributed by atoms with Gasteiger partial charge in [0.2, 0.25) is 5.91 Å². The fourth-order valence-corrected chi connectivity index (χ4v) is 4.70. The molecule has 2 aliphatic heterocycles. The van der Waals surface area contributed by atoms with Crippen molar-refractivity contribution in [1.29, 1.82) is 0 Å². The van der Waals surface area contributed by atoms with Crippen LogP contribution in [0.3, 0.4) is 0 Å². The smallest absolute Gasteiger partial charge is 0.252 e. The first kappa shape index (κ1) is 21.3. The summed E-state index contributed by atoms with van der Waals surface area (Å²) in [5.41, 5.74) is 1.04. The number of fused-ring (bicyclic) bond motifs is 1. The van der Waals surface area contributed by atoms with Crippen LogP contribution in [-0.4, -0.2) is 67.5 Å². The van der Waals surface area contributed by atoms with E-state index in [2.05, 4.69) is 10.2 Å². The highest BCUT2D eigenvalue weighted by Gasteiger charge is 2.52. The van der Waals surface area contributed by atoms with Gasteiger partial charge in [0.05, 0.1) is 11.5 Å². The minimum absolute atomic E-state index is 0.00350. The van der Waals surface area contributed by atoms with Gasteiger partial charge in [-0.2, -0.15) is 0 Å². The van der Waals surface area contributed by atoms with Crippen molar-refractivity contribution in [2.75, 3.05) is 40.3 Å². The number of hydrogen-bond donors (Lipinski definition) is 1. The van der Waals surface area contributed by atoms with Crippen molar-refractivity contribution in [1.82, 2.24) is 15.1 Å². The Balaban J connectivity index is 1.51. The van der Waals surface area contributed by atoms with E-state index < -0.39 is 11.4 Å². The second-order valence-electron chi connectivity index (χ2n) is 8.57. The molecule has 1 saturated heterocycles. The summed E-state index contributed by atoms with van der Waals surface area (Å²) >= 11 is 0.